The van der Waals surface area contributed by atoms with Gasteiger partial charge in [0.15, 0.2) is 5.60 Å². The van der Waals surface area contributed by atoms with Crippen molar-refractivity contribution in [3.05, 3.63) is 72.7 Å². The molecule has 1 aliphatic rings. The lowest BCUT2D eigenvalue weighted by Crippen LogP contribution is -2.56. The first-order valence-corrected chi connectivity index (χ1v) is 13.4. The molecular weight excluding hydrogens is 519 g/mol. The summed E-state index contributed by atoms with van der Waals surface area (Å²) in [7, 11) is 1.49. The summed E-state index contributed by atoms with van der Waals surface area (Å²) < 4.78 is 51.4. The fraction of sp³-hybridized carbons (Fsp3) is 0.433. The molecule has 3 N–H and O–H groups in total. The maximum absolute atomic E-state index is 15.3. The van der Waals surface area contributed by atoms with Crippen molar-refractivity contribution in [3.63, 3.8) is 0 Å². The van der Waals surface area contributed by atoms with Gasteiger partial charge in [0, 0.05) is 46.7 Å². The zero-order valence-electron chi connectivity index (χ0n) is 22.8. The Hall–Kier alpha value is -3.50. The number of ether oxygens (including phenoxy) is 1. The number of alkyl halides is 3. The summed E-state index contributed by atoms with van der Waals surface area (Å²) in [6.07, 6.45) is 3.71. The largest absolute Gasteiger partial charge is 0.496 e. The van der Waals surface area contributed by atoms with Crippen LogP contribution >= 0.6 is 0 Å². The van der Waals surface area contributed by atoms with Crippen LogP contribution in [0, 0.1) is 5.92 Å². The monoisotopic (exact) mass is 553 g/mol. The van der Waals surface area contributed by atoms with Crippen LogP contribution in [0.4, 0.5) is 13.2 Å². The Balaban J connectivity index is 1.63. The van der Waals surface area contributed by atoms with Crippen molar-refractivity contribution >= 4 is 10.9 Å². The smallest absolute Gasteiger partial charge is 0.417 e. The summed E-state index contributed by atoms with van der Waals surface area (Å²) in [5.74, 6) is -1.22. The van der Waals surface area contributed by atoms with Gasteiger partial charge >= 0.3 is 6.18 Å². The lowest BCUT2D eigenvalue weighted by atomic mass is 9.65. The summed E-state index contributed by atoms with van der Waals surface area (Å²) in [6.45, 7) is 4.56. The molecule has 0 amide bonds. The van der Waals surface area contributed by atoms with Crippen LogP contribution in [0.1, 0.15) is 50.3 Å². The third-order valence-corrected chi connectivity index (χ3v) is 8.13. The van der Waals surface area contributed by atoms with Crippen LogP contribution in [0.3, 0.4) is 0 Å². The van der Waals surface area contributed by atoms with Crippen LogP contribution in [0.25, 0.3) is 22.0 Å². The van der Waals surface area contributed by atoms with Crippen molar-refractivity contribution < 1.29 is 23.0 Å². The summed E-state index contributed by atoms with van der Waals surface area (Å²) in [5, 5.41) is 16.0. The summed E-state index contributed by atoms with van der Waals surface area (Å²) in [6, 6.07) is 8.84. The Morgan fingerprint density at radius 1 is 1.05 bits per heavy atom. The van der Waals surface area contributed by atoms with Gasteiger partial charge in [-0.3, -0.25) is 4.98 Å². The number of H-pyrrole nitrogens is 1. The van der Waals surface area contributed by atoms with Crippen molar-refractivity contribution in [2.75, 3.05) is 20.2 Å². The van der Waals surface area contributed by atoms with Gasteiger partial charge in [0.25, 0.3) is 0 Å². The highest BCUT2D eigenvalue weighted by Crippen LogP contribution is 2.53. The van der Waals surface area contributed by atoms with Crippen LogP contribution in [0.15, 0.2) is 61.4 Å². The minimum absolute atomic E-state index is 0.356. The van der Waals surface area contributed by atoms with Crippen LogP contribution in [-0.4, -0.2) is 57.0 Å². The highest BCUT2D eigenvalue weighted by molar-refractivity contribution is 5.79. The number of halogens is 3. The molecule has 5 rings (SSSR count). The zero-order valence-corrected chi connectivity index (χ0v) is 22.8. The van der Waals surface area contributed by atoms with E-state index in [9.17, 15) is 5.11 Å². The Bertz CT molecular complexity index is 1420. The van der Waals surface area contributed by atoms with Crippen LogP contribution in [0.2, 0.25) is 0 Å². The van der Waals surface area contributed by atoms with Crippen molar-refractivity contribution in [1.29, 1.82) is 0 Å². The molecule has 4 heterocycles. The first kappa shape index (κ1) is 28.0. The molecule has 212 valence electrons. The van der Waals surface area contributed by atoms with Gasteiger partial charge in [0.2, 0.25) is 0 Å². The number of methoxy groups -OCH3 is 1. The minimum Gasteiger partial charge on any atom is -0.496 e. The van der Waals surface area contributed by atoms with E-state index >= 15 is 13.2 Å². The third-order valence-electron chi connectivity index (χ3n) is 8.13. The number of hydrogen-bond donors (Lipinski definition) is 3. The van der Waals surface area contributed by atoms with E-state index in [1.54, 1.807) is 62.9 Å². The number of nitrogens with zero attached hydrogens (tertiary/aromatic N) is 3. The fourth-order valence-electron chi connectivity index (χ4n) is 6.25. The number of aromatic amines is 1. The van der Waals surface area contributed by atoms with E-state index in [-0.39, 0.29) is 0 Å². The molecule has 10 heteroatoms. The van der Waals surface area contributed by atoms with Crippen molar-refractivity contribution in [2.24, 2.45) is 5.92 Å². The molecule has 0 bridgehead atoms. The fourth-order valence-corrected chi connectivity index (χ4v) is 6.25. The quantitative estimate of drug-likeness (QED) is 0.256. The molecule has 0 spiro atoms. The summed E-state index contributed by atoms with van der Waals surface area (Å²) >= 11 is 0. The predicted molar refractivity (Wildman–Crippen MR) is 147 cm³/mol. The first-order valence-electron chi connectivity index (χ1n) is 13.4. The van der Waals surface area contributed by atoms with Gasteiger partial charge in [-0.2, -0.15) is 13.2 Å². The molecule has 4 aromatic rings. The molecule has 0 radical (unpaired) electrons. The highest BCUT2D eigenvalue weighted by atomic mass is 19.4. The van der Waals surface area contributed by atoms with E-state index in [1.807, 2.05) is 6.07 Å². The third kappa shape index (κ3) is 5.30. The molecule has 40 heavy (non-hydrogen) atoms. The molecule has 1 fully saturated rings. The van der Waals surface area contributed by atoms with Crippen molar-refractivity contribution in [2.45, 2.75) is 56.2 Å². The summed E-state index contributed by atoms with van der Waals surface area (Å²) in [5.41, 5.74) is -1.17. The van der Waals surface area contributed by atoms with Gasteiger partial charge in [-0.15, -0.1) is 0 Å². The number of benzene rings is 1. The molecule has 3 unspecified atom stereocenters. The molecule has 0 saturated carbocycles. The normalized spacial score (nSPS) is 18.8. The second-order valence-electron chi connectivity index (χ2n) is 11.3. The zero-order chi connectivity index (χ0) is 28.5. The number of fused-ring (bicyclic) bond motifs is 1. The van der Waals surface area contributed by atoms with Gasteiger partial charge in [0.05, 0.1) is 18.8 Å². The van der Waals surface area contributed by atoms with Gasteiger partial charge in [-0.1, -0.05) is 19.9 Å². The number of nitrogens with one attached hydrogen (secondary N) is 2. The lowest BCUT2D eigenvalue weighted by molar-refractivity contribution is -0.281. The molecule has 0 aliphatic carbocycles. The van der Waals surface area contributed by atoms with Crippen molar-refractivity contribution in [3.8, 4) is 16.9 Å². The molecule has 1 aliphatic heterocycles. The average molecular weight is 554 g/mol. The first-order chi connectivity index (χ1) is 19.0. The second kappa shape index (κ2) is 10.8. The second-order valence-corrected chi connectivity index (χ2v) is 11.3. The van der Waals surface area contributed by atoms with Gasteiger partial charge in [0.1, 0.15) is 12.1 Å². The van der Waals surface area contributed by atoms with Crippen LogP contribution in [-0.2, 0) is 5.41 Å². The lowest BCUT2D eigenvalue weighted by Gasteiger charge is -2.46. The summed E-state index contributed by atoms with van der Waals surface area (Å²) in [4.78, 5) is 15.4. The molecule has 1 aromatic carbocycles. The number of hydrogen-bond acceptors (Lipinski definition) is 6. The van der Waals surface area contributed by atoms with Gasteiger partial charge in [-0.25, -0.2) is 9.97 Å². The van der Waals surface area contributed by atoms with E-state index in [0.717, 1.165) is 29.5 Å². The molecule has 1 saturated heterocycles. The molecular formula is C30H34F3N5O2. The Morgan fingerprint density at radius 2 is 1.82 bits per heavy atom. The van der Waals surface area contributed by atoms with E-state index < -0.39 is 35.4 Å². The molecule has 3 aromatic heterocycles. The number of aromatic nitrogens is 4. The molecule has 3 atom stereocenters. The topological polar surface area (TPSA) is 96.0 Å². The maximum atomic E-state index is 15.3. The SMILES string of the molecule is COc1ccc(-c2cncnc2)cc1C(C)(C)CC(O)(C(c1cc2ccncc2[nH]1)C1CCCNC1)C(F)(F)F. The van der Waals surface area contributed by atoms with Crippen LogP contribution < -0.4 is 10.1 Å². The maximum Gasteiger partial charge on any atom is 0.417 e. The van der Waals surface area contributed by atoms with Crippen LogP contribution in [0.5, 0.6) is 5.75 Å². The number of rotatable bonds is 8. The average Bonchev–Trinajstić information content (AvgIpc) is 3.36. The Kier molecular flexibility index (Phi) is 7.58. The van der Waals surface area contributed by atoms with E-state index in [4.69, 9.17) is 4.74 Å². The molecule has 7 nitrogen and oxygen atoms in total. The Labute approximate surface area is 231 Å². The predicted octanol–water partition coefficient (Wildman–Crippen LogP) is 5.77. The van der Waals surface area contributed by atoms with Gasteiger partial charge < -0.3 is 20.1 Å². The van der Waals surface area contributed by atoms with E-state index in [0.29, 0.717) is 35.5 Å². The van der Waals surface area contributed by atoms with Crippen molar-refractivity contribution in [1.82, 2.24) is 25.3 Å². The highest BCUT2D eigenvalue weighted by Gasteiger charge is 2.62. The van der Waals surface area contributed by atoms with Gasteiger partial charge in [-0.05, 0) is 73.5 Å². The number of aliphatic hydroxyl groups is 1. The standard InChI is InChI=1S/C30H34F3N5O2/c1-28(2,23-11-19(6-7-26(23)40-3)22-14-36-18-37-15-22)17-29(39,30(31,32)33)27(21-5-4-9-34-13-21)24-12-20-8-10-35-16-25(20)38-24/h6-8,10-12,14-16,18,21,27,34,38-39H,4-5,9,13,17H2,1-3H3. The Morgan fingerprint density at radius 3 is 2.48 bits per heavy atom. The number of piperidine rings is 1. The van der Waals surface area contributed by atoms with E-state index in [2.05, 4.69) is 25.3 Å². The van der Waals surface area contributed by atoms with E-state index in [1.165, 1.54) is 13.4 Å². The number of pyridine rings is 1. The minimum atomic E-state index is -4.92.